The van der Waals surface area contributed by atoms with Crippen molar-refractivity contribution in [2.45, 2.75) is 0 Å². The predicted molar refractivity (Wildman–Crippen MR) is 76.3 cm³/mol. The van der Waals surface area contributed by atoms with E-state index in [9.17, 15) is 0 Å². The van der Waals surface area contributed by atoms with Crippen LogP contribution in [0.1, 0.15) is 0 Å². The molecule has 0 atom stereocenters. The molecule has 0 spiro atoms. The summed E-state index contributed by atoms with van der Waals surface area (Å²) >= 11 is 0. The molecule has 0 aliphatic rings. The van der Waals surface area contributed by atoms with Crippen LogP contribution < -0.4 is 5.32 Å². The van der Waals surface area contributed by atoms with E-state index in [-0.39, 0.29) is 0 Å². The van der Waals surface area contributed by atoms with Crippen molar-refractivity contribution in [1.29, 1.82) is 0 Å². The maximum absolute atomic E-state index is 4.24. The van der Waals surface area contributed by atoms with Crippen LogP contribution in [0.5, 0.6) is 0 Å². The molecule has 0 aliphatic carbocycles. The number of nitrogens with zero attached hydrogens (tertiary/aromatic N) is 3. The molecule has 1 N–H and O–H groups in total. The molecule has 0 aliphatic heterocycles. The molecule has 0 fully saturated rings. The van der Waals surface area contributed by atoms with Crippen molar-refractivity contribution >= 4 is 5.69 Å². The van der Waals surface area contributed by atoms with Crippen LogP contribution >= 0.6 is 0 Å². The van der Waals surface area contributed by atoms with E-state index in [1.54, 1.807) is 6.33 Å². The van der Waals surface area contributed by atoms with Gasteiger partial charge >= 0.3 is 0 Å². The second kappa shape index (κ2) is 4.94. The van der Waals surface area contributed by atoms with Gasteiger partial charge in [-0.2, -0.15) is 0 Å². The van der Waals surface area contributed by atoms with Crippen LogP contribution in [0.15, 0.2) is 60.9 Å². The fourth-order valence-electron chi connectivity index (χ4n) is 2.09. The van der Waals surface area contributed by atoms with Crippen LogP contribution in [0.4, 0.5) is 5.69 Å². The average Bonchev–Trinajstić information content (AvgIpc) is 2.97. The molecule has 0 saturated heterocycles. The molecule has 4 heteroatoms. The molecule has 19 heavy (non-hydrogen) atoms. The second-order valence-electron chi connectivity index (χ2n) is 4.16. The molecular weight excluding hydrogens is 236 g/mol. The van der Waals surface area contributed by atoms with Crippen LogP contribution in [0, 0.1) is 0 Å². The fraction of sp³-hybridized carbons (Fsp3) is 0.0667. The SMILES string of the molecule is CNc1ccccc1-c1nncn1-c1ccccc1. The number of aromatic nitrogens is 3. The van der Waals surface area contributed by atoms with Gasteiger partial charge < -0.3 is 5.32 Å². The first-order valence-corrected chi connectivity index (χ1v) is 6.13. The summed E-state index contributed by atoms with van der Waals surface area (Å²) in [6.07, 6.45) is 1.73. The molecule has 1 heterocycles. The monoisotopic (exact) mass is 250 g/mol. The average molecular weight is 250 g/mol. The molecule has 0 unspecified atom stereocenters. The van der Waals surface area contributed by atoms with Gasteiger partial charge in [-0.1, -0.05) is 30.3 Å². The Morgan fingerprint density at radius 1 is 0.947 bits per heavy atom. The van der Waals surface area contributed by atoms with E-state index >= 15 is 0 Å². The third-order valence-electron chi connectivity index (χ3n) is 3.02. The Hall–Kier alpha value is -2.62. The van der Waals surface area contributed by atoms with Crippen LogP contribution in [0.3, 0.4) is 0 Å². The number of anilines is 1. The van der Waals surface area contributed by atoms with E-state index in [0.717, 1.165) is 22.8 Å². The maximum Gasteiger partial charge on any atom is 0.170 e. The molecule has 3 aromatic rings. The number of rotatable bonds is 3. The van der Waals surface area contributed by atoms with Crippen molar-refractivity contribution < 1.29 is 0 Å². The van der Waals surface area contributed by atoms with Gasteiger partial charge in [0.15, 0.2) is 5.82 Å². The zero-order chi connectivity index (χ0) is 13.1. The highest BCUT2D eigenvalue weighted by atomic mass is 15.3. The summed E-state index contributed by atoms with van der Waals surface area (Å²) in [5.74, 6) is 0.830. The van der Waals surface area contributed by atoms with Crippen LogP contribution in [-0.4, -0.2) is 21.8 Å². The van der Waals surface area contributed by atoms with Crippen LogP contribution in [0.2, 0.25) is 0 Å². The van der Waals surface area contributed by atoms with E-state index in [1.165, 1.54) is 0 Å². The van der Waals surface area contributed by atoms with Gasteiger partial charge in [-0.25, -0.2) is 0 Å². The summed E-state index contributed by atoms with van der Waals surface area (Å²) in [6, 6.07) is 18.1. The Labute approximate surface area is 111 Å². The first-order valence-electron chi connectivity index (χ1n) is 6.13. The Morgan fingerprint density at radius 2 is 1.68 bits per heavy atom. The van der Waals surface area contributed by atoms with E-state index in [1.807, 2.05) is 66.2 Å². The lowest BCUT2D eigenvalue weighted by Gasteiger charge is -2.10. The van der Waals surface area contributed by atoms with E-state index < -0.39 is 0 Å². The summed E-state index contributed by atoms with van der Waals surface area (Å²) < 4.78 is 1.98. The van der Waals surface area contributed by atoms with Gasteiger partial charge in [-0.3, -0.25) is 4.57 Å². The summed E-state index contributed by atoms with van der Waals surface area (Å²) in [6.45, 7) is 0. The van der Waals surface area contributed by atoms with E-state index in [0.29, 0.717) is 0 Å². The summed E-state index contributed by atoms with van der Waals surface area (Å²) in [7, 11) is 1.90. The molecule has 0 radical (unpaired) electrons. The minimum atomic E-state index is 0.830. The standard InChI is InChI=1S/C15H14N4/c1-16-14-10-6-5-9-13(14)15-18-17-11-19(15)12-7-3-2-4-8-12/h2-11,16H,1H3. The smallest absolute Gasteiger partial charge is 0.170 e. The normalized spacial score (nSPS) is 10.4. The molecule has 0 bridgehead atoms. The Balaban J connectivity index is 2.15. The van der Waals surface area contributed by atoms with Crippen molar-refractivity contribution in [3.8, 4) is 17.1 Å². The zero-order valence-electron chi connectivity index (χ0n) is 10.6. The highest BCUT2D eigenvalue weighted by Crippen LogP contribution is 2.27. The lowest BCUT2D eigenvalue weighted by Crippen LogP contribution is -1.99. The number of hydrogen-bond donors (Lipinski definition) is 1. The highest BCUT2D eigenvalue weighted by Gasteiger charge is 2.11. The molecular formula is C15H14N4. The minimum absolute atomic E-state index is 0.830. The van der Waals surface area contributed by atoms with Gasteiger partial charge in [0.1, 0.15) is 6.33 Å². The summed E-state index contributed by atoms with van der Waals surface area (Å²) in [5, 5.41) is 11.5. The maximum atomic E-state index is 4.24. The fourth-order valence-corrected chi connectivity index (χ4v) is 2.09. The summed E-state index contributed by atoms with van der Waals surface area (Å²) in [5.41, 5.74) is 3.12. The molecule has 3 rings (SSSR count). The van der Waals surface area contributed by atoms with Gasteiger partial charge in [0.25, 0.3) is 0 Å². The van der Waals surface area contributed by atoms with Gasteiger partial charge in [-0.15, -0.1) is 10.2 Å². The molecule has 2 aromatic carbocycles. The molecule has 1 aromatic heterocycles. The van der Waals surface area contributed by atoms with Crippen LogP contribution in [-0.2, 0) is 0 Å². The first kappa shape index (κ1) is 11.5. The molecule has 0 amide bonds. The van der Waals surface area contributed by atoms with Gasteiger partial charge in [-0.05, 0) is 24.3 Å². The number of para-hydroxylation sites is 2. The third kappa shape index (κ3) is 2.08. The molecule has 0 saturated carbocycles. The van der Waals surface area contributed by atoms with Crippen molar-refractivity contribution in [2.24, 2.45) is 0 Å². The number of hydrogen-bond acceptors (Lipinski definition) is 3. The van der Waals surface area contributed by atoms with Crippen molar-refractivity contribution in [3.63, 3.8) is 0 Å². The van der Waals surface area contributed by atoms with Crippen molar-refractivity contribution in [2.75, 3.05) is 12.4 Å². The van der Waals surface area contributed by atoms with Crippen LogP contribution in [0.25, 0.3) is 17.1 Å². The Bertz CT molecular complexity index is 673. The molecule has 94 valence electrons. The first-order chi connectivity index (χ1) is 9.40. The third-order valence-corrected chi connectivity index (χ3v) is 3.02. The lowest BCUT2D eigenvalue weighted by atomic mass is 10.1. The topological polar surface area (TPSA) is 42.7 Å². The zero-order valence-corrected chi connectivity index (χ0v) is 10.6. The van der Waals surface area contributed by atoms with Gasteiger partial charge in [0.2, 0.25) is 0 Å². The van der Waals surface area contributed by atoms with Gasteiger partial charge in [0.05, 0.1) is 0 Å². The van der Waals surface area contributed by atoms with Gasteiger partial charge in [0, 0.05) is 24.0 Å². The lowest BCUT2D eigenvalue weighted by molar-refractivity contribution is 1.06. The van der Waals surface area contributed by atoms with Crippen molar-refractivity contribution in [1.82, 2.24) is 14.8 Å². The number of nitrogens with one attached hydrogen (secondary N) is 1. The minimum Gasteiger partial charge on any atom is -0.388 e. The van der Waals surface area contributed by atoms with E-state index in [2.05, 4.69) is 15.5 Å². The second-order valence-corrected chi connectivity index (χ2v) is 4.16. The molecule has 4 nitrogen and oxygen atoms in total. The van der Waals surface area contributed by atoms with E-state index in [4.69, 9.17) is 0 Å². The Morgan fingerprint density at radius 3 is 2.47 bits per heavy atom. The quantitative estimate of drug-likeness (QED) is 0.777. The predicted octanol–water partition coefficient (Wildman–Crippen LogP) is 2.98. The Kier molecular flexibility index (Phi) is 2.98. The highest BCUT2D eigenvalue weighted by molar-refractivity contribution is 5.74. The van der Waals surface area contributed by atoms with Crippen molar-refractivity contribution in [3.05, 3.63) is 60.9 Å². The summed E-state index contributed by atoms with van der Waals surface area (Å²) in [4.78, 5) is 0. The largest absolute Gasteiger partial charge is 0.388 e. The number of benzene rings is 2.